The molecular formula is C12H10BrF6NO. The number of alkyl halides is 6. The predicted octanol–water partition coefficient (Wildman–Crippen LogP) is 4.54. The molecule has 21 heavy (non-hydrogen) atoms. The second-order valence-corrected chi connectivity index (χ2v) is 5.02. The predicted molar refractivity (Wildman–Crippen MR) is 66.8 cm³/mol. The van der Waals surface area contributed by atoms with Gasteiger partial charge in [-0.3, -0.25) is 4.79 Å². The van der Waals surface area contributed by atoms with Gasteiger partial charge in [-0.05, 0) is 24.6 Å². The molecule has 0 bridgehead atoms. The highest BCUT2D eigenvalue weighted by Crippen LogP contribution is 2.35. The third-order valence-corrected chi connectivity index (χ3v) is 3.15. The van der Waals surface area contributed by atoms with Crippen molar-refractivity contribution in [1.82, 2.24) is 5.32 Å². The molecule has 2 nitrogen and oxygen atoms in total. The number of benzene rings is 1. The molecule has 1 rings (SSSR count). The summed E-state index contributed by atoms with van der Waals surface area (Å²) < 4.78 is 73.4. The lowest BCUT2D eigenvalue weighted by atomic mass is 10.1. The van der Waals surface area contributed by atoms with Crippen LogP contribution in [0.4, 0.5) is 26.3 Å². The van der Waals surface area contributed by atoms with Gasteiger partial charge in [0.25, 0.3) is 5.91 Å². The average Bonchev–Trinajstić information content (AvgIpc) is 2.32. The highest BCUT2D eigenvalue weighted by molar-refractivity contribution is 9.10. The van der Waals surface area contributed by atoms with Gasteiger partial charge < -0.3 is 5.32 Å². The van der Waals surface area contributed by atoms with Gasteiger partial charge in [0, 0.05) is 23.0 Å². The molecule has 0 aromatic heterocycles. The molecule has 0 unspecified atom stereocenters. The third kappa shape index (κ3) is 5.94. The van der Waals surface area contributed by atoms with E-state index in [2.05, 4.69) is 21.2 Å². The van der Waals surface area contributed by atoms with E-state index < -0.39 is 30.2 Å². The summed E-state index contributed by atoms with van der Waals surface area (Å²) in [6.07, 6.45) is -10.4. The Morgan fingerprint density at radius 3 is 2.29 bits per heavy atom. The van der Waals surface area contributed by atoms with Gasteiger partial charge >= 0.3 is 12.4 Å². The molecule has 1 N–H and O–H groups in total. The van der Waals surface area contributed by atoms with E-state index >= 15 is 0 Å². The van der Waals surface area contributed by atoms with Crippen molar-refractivity contribution in [2.45, 2.75) is 25.2 Å². The number of halogens is 7. The molecule has 9 heteroatoms. The normalized spacial score (nSPS) is 12.3. The van der Waals surface area contributed by atoms with Crippen LogP contribution in [0.3, 0.4) is 0 Å². The van der Waals surface area contributed by atoms with Crippen LogP contribution in [0.5, 0.6) is 0 Å². The quantitative estimate of drug-likeness (QED) is 0.605. The second kappa shape index (κ2) is 6.67. The Bertz CT molecular complexity index is 511. The van der Waals surface area contributed by atoms with E-state index in [0.29, 0.717) is 6.07 Å². The van der Waals surface area contributed by atoms with Gasteiger partial charge in [0.15, 0.2) is 0 Å². The number of rotatable bonds is 4. The van der Waals surface area contributed by atoms with E-state index in [9.17, 15) is 31.1 Å². The summed E-state index contributed by atoms with van der Waals surface area (Å²) >= 11 is 2.72. The average molecular weight is 378 g/mol. The summed E-state index contributed by atoms with van der Waals surface area (Å²) in [5.41, 5.74) is -1.29. The first kappa shape index (κ1) is 17.8. The van der Waals surface area contributed by atoms with Crippen molar-refractivity contribution in [3.63, 3.8) is 0 Å². The standard InChI is InChI=1S/C12H10BrF6NO/c13-9-3-2-7(6-8(9)12(17,18)19)10(21)20-5-1-4-11(14,15)16/h2-3,6H,1,4-5H2,(H,20,21). The number of hydrogen-bond donors (Lipinski definition) is 1. The van der Waals surface area contributed by atoms with Crippen LogP contribution in [-0.4, -0.2) is 18.6 Å². The maximum atomic E-state index is 12.6. The van der Waals surface area contributed by atoms with E-state index in [-0.39, 0.29) is 23.0 Å². The molecular weight excluding hydrogens is 368 g/mol. The maximum Gasteiger partial charge on any atom is 0.417 e. The number of nitrogens with one attached hydrogen (secondary N) is 1. The molecule has 0 saturated carbocycles. The molecule has 0 saturated heterocycles. The number of amides is 1. The molecule has 0 atom stereocenters. The van der Waals surface area contributed by atoms with Crippen molar-refractivity contribution in [2.24, 2.45) is 0 Å². The SMILES string of the molecule is O=C(NCCCC(F)(F)F)c1ccc(Br)c(C(F)(F)F)c1. The summed E-state index contributed by atoms with van der Waals surface area (Å²) in [6, 6.07) is 2.86. The molecule has 0 aliphatic carbocycles. The molecule has 118 valence electrons. The Morgan fingerprint density at radius 1 is 1.14 bits per heavy atom. The van der Waals surface area contributed by atoms with Gasteiger partial charge in [0.1, 0.15) is 0 Å². The Kier molecular flexibility index (Phi) is 5.66. The monoisotopic (exact) mass is 377 g/mol. The fraction of sp³-hybridized carbons (Fsp3) is 0.417. The molecule has 1 amide bonds. The van der Waals surface area contributed by atoms with Crippen molar-refractivity contribution >= 4 is 21.8 Å². The fourth-order valence-electron chi connectivity index (χ4n) is 1.48. The van der Waals surface area contributed by atoms with Gasteiger partial charge in [0.2, 0.25) is 0 Å². The zero-order chi connectivity index (χ0) is 16.3. The van der Waals surface area contributed by atoms with E-state index in [1.807, 2.05) is 0 Å². The largest absolute Gasteiger partial charge is 0.417 e. The first-order chi connectivity index (χ1) is 9.50. The number of carbonyl (C=O) groups is 1. The van der Waals surface area contributed by atoms with Crippen LogP contribution in [0.25, 0.3) is 0 Å². The Hall–Kier alpha value is -1.25. The summed E-state index contributed by atoms with van der Waals surface area (Å²) in [7, 11) is 0. The number of carbonyl (C=O) groups excluding carboxylic acids is 1. The second-order valence-electron chi connectivity index (χ2n) is 4.17. The third-order valence-electron chi connectivity index (χ3n) is 2.46. The van der Waals surface area contributed by atoms with Crippen LogP contribution in [-0.2, 0) is 6.18 Å². The molecule has 1 aromatic carbocycles. The summed E-state index contributed by atoms with van der Waals surface area (Å²) in [5.74, 6) is -0.852. The van der Waals surface area contributed by atoms with E-state index in [1.165, 1.54) is 0 Å². The fourth-order valence-corrected chi connectivity index (χ4v) is 1.95. The first-order valence-electron chi connectivity index (χ1n) is 5.72. The molecule has 0 aliphatic heterocycles. The van der Waals surface area contributed by atoms with Gasteiger partial charge in [-0.1, -0.05) is 15.9 Å². The topological polar surface area (TPSA) is 29.1 Å². The summed E-state index contributed by atoms with van der Waals surface area (Å²) in [5, 5.41) is 2.15. The maximum absolute atomic E-state index is 12.6. The van der Waals surface area contributed by atoms with E-state index in [0.717, 1.165) is 12.1 Å². The molecule has 0 heterocycles. The van der Waals surface area contributed by atoms with Crippen LogP contribution >= 0.6 is 15.9 Å². The van der Waals surface area contributed by atoms with E-state index in [4.69, 9.17) is 0 Å². The lowest BCUT2D eigenvalue weighted by Gasteiger charge is -2.11. The molecule has 0 radical (unpaired) electrons. The Morgan fingerprint density at radius 2 is 1.76 bits per heavy atom. The minimum absolute atomic E-state index is 0.219. The summed E-state index contributed by atoms with van der Waals surface area (Å²) in [4.78, 5) is 11.6. The van der Waals surface area contributed by atoms with Gasteiger partial charge in [-0.15, -0.1) is 0 Å². The van der Waals surface area contributed by atoms with Crippen molar-refractivity contribution in [1.29, 1.82) is 0 Å². The van der Waals surface area contributed by atoms with Crippen LogP contribution in [0.2, 0.25) is 0 Å². The van der Waals surface area contributed by atoms with E-state index in [1.54, 1.807) is 0 Å². The summed E-state index contributed by atoms with van der Waals surface area (Å²) in [6.45, 7) is -0.268. The van der Waals surface area contributed by atoms with Crippen LogP contribution in [0.15, 0.2) is 22.7 Å². The van der Waals surface area contributed by atoms with Crippen LogP contribution in [0.1, 0.15) is 28.8 Å². The highest BCUT2D eigenvalue weighted by Gasteiger charge is 2.33. The van der Waals surface area contributed by atoms with Crippen molar-refractivity contribution < 1.29 is 31.1 Å². The molecule has 0 spiro atoms. The molecule has 0 fully saturated rings. The van der Waals surface area contributed by atoms with Gasteiger partial charge in [0.05, 0.1) is 5.56 Å². The Balaban J connectivity index is 2.67. The smallest absolute Gasteiger partial charge is 0.352 e. The first-order valence-corrected chi connectivity index (χ1v) is 6.52. The highest BCUT2D eigenvalue weighted by atomic mass is 79.9. The number of hydrogen-bond acceptors (Lipinski definition) is 1. The lowest BCUT2D eigenvalue weighted by Crippen LogP contribution is -2.26. The van der Waals surface area contributed by atoms with Crippen molar-refractivity contribution in [2.75, 3.05) is 6.54 Å². The van der Waals surface area contributed by atoms with Gasteiger partial charge in [-0.2, -0.15) is 26.3 Å². The van der Waals surface area contributed by atoms with Crippen molar-refractivity contribution in [3.05, 3.63) is 33.8 Å². The molecule has 1 aromatic rings. The van der Waals surface area contributed by atoms with Crippen LogP contribution < -0.4 is 5.32 Å². The zero-order valence-electron chi connectivity index (χ0n) is 10.4. The Labute approximate surface area is 124 Å². The minimum Gasteiger partial charge on any atom is -0.352 e. The zero-order valence-corrected chi connectivity index (χ0v) is 12.0. The van der Waals surface area contributed by atoms with Crippen molar-refractivity contribution in [3.8, 4) is 0 Å². The van der Waals surface area contributed by atoms with Gasteiger partial charge in [-0.25, -0.2) is 0 Å². The minimum atomic E-state index is -4.63. The van der Waals surface area contributed by atoms with Crippen LogP contribution in [0, 0.1) is 0 Å². The molecule has 0 aliphatic rings. The lowest BCUT2D eigenvalue weighted by molar-refractivity contribution is -0.138.